The summed E-state index contributed by atoms with van der Waals surface area (Å²) in [5, 5.41) is 18.0. The van der Waals surface area contributed by atoms with Crippen LogP contribution in [0.1, 0.15) is 73.4 Å². The summed E-state index contributed by atoms with van der Waals surface area (Å²) in [5.41, 5.74) is 1.14. The van der Waals surface area contributed by atoms with Crippen molar-refractivity contribution in [1.82, 2.24) is 20.3 Å². The smallest absolute Gasteiger partial charge is 0.277 e. The van der Waals surface area contributed by atoms with E-state index in [2.05, 4.69) is 34.4 Å². The van der Waals surface area contributed by atoms with Crippen molar-refractivity contribution in [2.24, 2.45) is 23.2 Å². The van der Waals surface area contributed by atoms with Gasteiger partial charge in [-0.2, -0.15) is 0 Å². The first kappa shape index (κ1) is 22.4. The number of anilines is 1. The summed E-state index contributed by atoms with van der Waals surface area (Å²) in [6.07, 6.45) is 8.62. The van der Waals surface area contributed by atoms with Crippen LogP contribution in [-0.2, 0) is 11.2 Å². The first-order chi connectivity index (χ1) is 15.8. The van der Waals surface area contributed by atoms with Gasteiger partial charge in [0.15, 0.2) is 5.13 Å². The molecular weight excluding hydrogens is 438 g/mol. The van der Waals surface area contributed by atoms with Gasteiger partial charge in [0.05, 0.1) is 18.0 Å². The highest BCUT2D eigenvalue weighted by atomic mass is 32.1. The Morgan fingerprint density at radius 2 is 2.06 bits per heavy atom. The molecule has 0 bridgehead atoms. The fourth-order valence-electron chi connectivity index (χ4n) is 5.93. The van der Waals surface area contributed by atoms with Crippen LogP contribution in [0.25, 0.3) is 0 Å². The van der Waals surface area contributed by atoms with Crippen LogP contribution < -0.4 is 10.6 Å². The second kappa shape index (κ2) is 8.43. The van der Waals surface area contributed by atoms with E-state index in [-0.39, 0.29) is 46.6 Å². The maximum absolute atomic E-state index is 12.7. The molecule has 0 spiro atoms. The molecule has 2 saturated carbocycles. The Bertz CT molecular complexity index is 1060. The van der Waals surface area contributed by atoms with Gasteiger partial charge < -0.3 is 10.4 Å². The Hall–Kier alpha value is -2.39. The van der Waals surface area contributed by atoms with Crippen LogP contribution in [0, 0.1) is 23.2 Å². The van der Waals surface area contributed by atoms with Crippen LogP contribution >= 0.6 is 11.3 Å². The molecule has 0 aromatic carbocycles. The molecule has 2 aromatic rings. The summed E-state index contributed by atoms with van der Waals surface area (Å²) in [4.78, 5) is 39.1. The maximum Gasteiger partial charge on any atom is 0.277 e. The molecule has 0 radical (unpaired) electrons. The highest BCUT2D eigenvalue weighted by Crippen LogP contribution is 2.57. The number of nitrogens with zero attached hydrogens (tertiary/aromatic N) is 3. The van der Waals surface area contributed by atoms with Crippen molar-refractivity contribution in [3.8, 4) is 0 Å². The third-order valence-electron chi connectivity index (χ3n) is 7.92. The third kappa shape index (κ3) is 4.17. The van der Waals surface area contributed by atoms with E-state index in [4.69, 9.17) is 4.98 Å². The SMILES string of the molecule is C[C@H](C(=O)NC1CC1)[C@H]1CC[C@@]2(C)Cc3sc(NC(=O)c4cnccn4)nc3[C@@H](C)[C@@H]2[C@H]1O. The Labute approximate surface area is 197 Å². The van der Waals surface area contributed by atoms with Crippen LogP contribution in [-0.4, -0.2) is 44.0 Å². The normalized spacial score (nSPS) is 31.8. The number of carbonyl (C=O) groups excluding carboxylic acids is 2. The molecular formula is C24H31N5O3S. The molecule has 5 rings (SSSR count). The standard InChI is InChI=1S/C24H31N5O3S/c1-12(21(31)27-14-4-5-14)15-6-7-24(3)10-17-19(13(2)18(24)20(15)30)28-23(33-17)29-22(32)16-11-25-8-9-26-16/h8-9,11-15,18,20,30H,4-7,10H2,1-3H3,(H,27,31)(H,28,29,32)/t12-,13-,15+,18+,20-,24-/m0/s1. The summed E-state index contributed by atoms with van der Waals surface area (Å²) < 4.78 is 0. The van der Waals surface area contributed by atoms with Crippen molar-refractivity contribution in [2.75, 3.05) is 5.32 Å². The molecule has 3 N–H and O–H groups in total. The van der Waals surface area contributed by atoms with E-state index in [0.29, 0.717) is 11.2 Å². The van der Waals surface area contributed by atoms with E-state index in [1.54, 1.807) is 0 Å². The van der Waals surface area contributed by atoms with Crippen LogP contribution in [0.5, 0.6) is 0 Å². The van der Waals surface area contributed by atoms with Crippen LogP contribution in [0.3, 0.4) is 0 Å². The Kier molecular flexibility index (Phi) is 5.73. The van der Waals surface area contributed by atoms with Gasteiger partial charge in [0.1, 0.15) is 5.69 Å². The molecule has 2 aromatic heterocycles. The van der Waals surface area contributed by atoms with Crippen molar-refractivity contribution in [2.45, 2.75) is 70.9 Å². The molecule has 2 amide bonds. The number of hydrogen-bond donors (Lipinski definition) is 3. The number of hydrogen-bond acceptors (Lipinski definition) is 7. The number of carbonyl (C=O) groups is 2. The zero-order valence-corrected chi connectivity index (χ0v) is 20.1. The first-order valence-corrected chi connectivity index (χ1v) is 12.6. The molecule has 9 heteroatoms. The van der Waals surface area contributed by atoms with Crippen molar-refractivity contribution in [3.05, 3.63) is 34.9 Å². The molecule has 2 heterocycles. The van der Waals surface area contributed by atoms with Crippen molar-refractivity contribution >= 4 is 28.3 Å². The molecule has 0 unspecified atom stereocenters. The number of fused-ring (bicyclic) bond motifs is 2. The molecule has 33 heavy (non-hydrogen) atoms. The predicted octanol–water partition coefficient (Wildman–Crippen LogP) is 3.15. The van der Waals surface area contributed by atoms with E-state index in [1.807, 2.05) is 6.92 Å². The van der Waals surface area contributed by atoms with E-state index in [0.717, 1.165) is 37.8 Å². The van der Waals surface area contributed by atoms with E-state index < -0.39 is 6.10 Å². The Balaban J connectivity index is 1.35. The minimum Gasteiger partial charge on any atom is -0.392 e. The molecule has 3 aliphatic carbocycles. The lowest BCUT2D eigenvalue weighted by Crippen LogP contribution is -2.53. The molecule has 0 aliphatic heterocycles. The lowest BCUT2D eigenvalue weighted by Gasteiger charge is -2.53. The topological polar surface area (TPSA) is 117 Å². The second-order valence-corrected chi connectivity index (χ2v) is 11.4. The zero-order valence-electron chi connectivity index (χ0n) is 19.2. The van der Waals surface area contributed by atoms with Gasteiger partial charge in [-0.15, -0.1) is 11.3 Å². The molecule has 0 saturated heterocycles. The molecule has 2 fully saturated rings. The van der Waals surface area contributed by atoms with Gasteiger partial charge in [-0.3, -0.25) is 19.9 Å². The monoisotopic (exact) mass is 469 g/mol. The van der Waals surface area contributed by atoms with Crippen LogP contribution in [0.4, 0.5) is 5.13 Å². The highest BCUT2D eigenvalue weighted by Gasteiger charge is 2.54. The summed E-state index contributed by atoms with van der Waals surface area (Å²) >= 11 is 1.51. The van der Waals surface area contributed by atoms with Crippen LogP contribution in [0.2, 0.25) is 0 Å². The van der Waals surface area contributed by atoms with Gasteiger partial charge in [-0.1, -0.05) is 20.8 Å². The average molecular weight is 470 g/mol. The third-order valence-corrected chi connectivity index (χ3v) is 8.90. The minimum atomic E-state index is -0.564. The predicted molar refractivity (Wildman–Crippen MR) is 125 cm³/mol. The summed E-state index contributed by atoms with van der Waals surface area (Å²) in [7, 11) is 0. The average Bonchev–Trinajstić information content (AvgIpc) is 3.51. The number of aliphatic hydroxyl groups is 1. The molecule has 176 valence electrons. The summed E-state index contributed by atoms with van der Waals surface area (Å²) in [6, 6.07) is 0.326. The quantitative estimate of drug-likeness (QED) is 0.619. The number of rotatable bonds is 5. The van der Waals surface area contributed by atoms with Gasteiger partial charge in [0.2, 0.25) is 5.91 Å². The Morgan fingerprint density at radius 1 is 1.27 bits per heavy atom. The lowest BCUT2D eigenvalue weighted by molar-refractivity contribution is -0.134. The van der Waals surface area contributed by atoms with Crippen LogP contribution in [0.15, 0.2) is 18.6 Å². The number of aromatic nitrogens is 3. The lowest BCUT2D eigenvalue weighted by atomic mass is 9.53. The highest BCUT2D eigenvalue weighted by molar-refractivity contribution is 7.15. The first-order valence-electron chi connectivity index (χ1n) is 11.8. The fourth-order valence-corrected chi connectivity index (χ4v) is 7.19. The van der Waals surface area contributed by atoms with Crippen molar-refractivity contribution in [1.29, 1.82) is 0 Å². The van der Waals surface area contributed by atoms with Gasteiger partial charge >= 0.3 is 0 Å². The fraction of sp³-hybridized carbons (Fsp3) is 0.625. The molecule has 8 nitrogen and oxygen atoms in total. The van der Waals surface area contributed by atoms with Gasteiger partial charge in [-0.05, 0) is 49.4 Å². The van der Waals surface area contributed by atoms with Gasteiger partial charge in [0, 0.05) is 35.1 Å². The van der Waals surface area contributed by atoms with Crippen molar-refractivity contribution in [3.63, 3.8) is 0 Å². The van der Waals surface area contributed by atoms with Gasteiger partial charge in [0.25, 0.3) is 5.91 Å². The number of aliphatic hydroxyl groups excluding tert-OH is 1. The van der Waals surface area contributed by atoms with E-state index >= 15 is 0 Å². The van der Waals surface area contributed by atoms with Crippen molar-refractivity contribution < 1.29 is 14.7 Å². The summed E-state index contributed by atoms with van der Waals surface area (Å²) in [5.74, 6) is -0.478. The minimum absolute atomic E-state index is 0.0190. The molecule has 6 atom stereocenters. The van der Waals surface area contributed by atoms with E-state index in [1.165, 1.54) is 34.8 Å². The Morgan fingerprint density at radius 3 is 2.76 bits per heavy atom. The number of nitrogens with one attached hydrogen (secondary N) is 2. The van der Waals surface area contributed by atoms with E-state index in [9.17, 15) is 14.7 Å². The largest absolute Gasteiger partial charge is 0.392 e. The molecule has 3 aliphatic rings. The zero-order chi connectivity index (χ0) is 23.3. The second-order valence-electron chi connectivity index (χ2n) is 10.3. The number of thiazole rings is 1. The summed E-state index contributed by atoms with van der Waals surface area (Å²) in [6.45, 7) is 6.33. The maximum atomic E-state index is 12.7. The van der Waals surface area contributed by atoms with Gasteiger partial charge in [-0.25, -0.2) is 9.97 Å². The number of amides is 2.